The summed E-state index contributed by atoms with van der Waals surface area (Å²) in [7, 11) is 0. The number of likely N-dealkylation sites (tertiary alicyclic amines) is 1. The van der Waals surface area contributed by atoms with Crippen molar-refractivity contribution in [3.05, 3.63) is 35.4 Å². The van der Waals surface area contributed by atoms with Crippen molar-refractivity contribution in [1.29, 1.82) is 0 Å². The number of piperidine rings is 1. The second-order valence-electron chi connectivity index (χ2n) is 6.63. The number of carbonyl (C=O) groups excluding carboxylic acids is 2. The predicted octanol–water partition coefficient (Wildman–Crippen LogP) is 2.30. The molecule has 2 atom stereocenters. The van der Waals surface area contributed by atoms with Gasteiger partial charge in [0.05, 0.1) is 5.92 Å². The van der Waals surface area contributed by atoms with Crippen LogP contribution >= 0.6 is 0 Å². The summed E-state index contributed by atoms with van der Waals surface area (Å²) < 4.78 is 0. The molecule has 5 heteroatoms. The average molecular weight is 331 g/mol. The number of nitrogens with one attached hydrogen (secondary N) is 1. The fraction of sp³-hybridized carbons (Fsp3) is 0.579. The van der Waals surface area contributed by atoms with Gasteiger partial charge in [0.1, 0.15) is 0 Å². The minimum Gasteiger partial charge on any atom is -0.356 e. The Morgan fingerprint density at radius 3 is 2.58 bits per heavy atom. The van der Waals surface area contributed by atoms with Crippen LogP contribution in [0.15, 0.2) is 24.3 Å². The number of rotatable bonds is 6. The van der Waals surface area contributed by atoms with Crippen LogP contribution in [0, 0.1) is 5.92 Å². The number of hydrogen-bond donors (Lipinski definition) is 2. The van der Waals surface area contributed by atoms with Crippen LogP contribution in [-0.2, 0) is 11.3 Å². The second-order valence-corrected chi connectivity index (χ2v) is 6.63. The topological polar surface area (TPSA) is 75.4 Å². The van der Waals surface area contributed by atoms with E-state index in [1.165, 1.54) is 0 Å². The number of carbonyl (C=O) groups is 2. The van der Waals surface area contributed by atoms with Crippen molar-refractivity contribution in [2.75, 3.05) is 13.1 Å². The van der Waals surface area contributed by atoms with Crippen LogP contribution in [-0.4, -0.2) is 35.8 Å². The maximum atomic E-state index is 12.8. The molecule has 1 aliphatic heterocycles. The Bertz CT molecular complexity index is 556. The molecular formula is C19H29N3O2. The van der Waals surface area contributed by atoms with Crippen molar-refractivity contribution in [2.45, 2.75) is 52.1 Å². The first-order valence-electron chi connectivity index (χ1n) is 8.94. The predicted molar refractivity (Wildman–Crippen MR) is 95.5 cm³/mol. The highest BCUT2D eigenvalue weighted by Gasteiger charge is 2.32. The standard InChI is InChI=1S/C19H29N3O2/c1-3-4-11-21-18(23)17-8-5-14(2)22(13-17)19(24)16-9-6-15(12-20)7-10-16/h6-7,9-10,14,17H,3-5,8,11-13,20H2,1-2H3,(H,21,23). The molecule has 1 aliphatic rings. The minimum atomic E-state index is -0.106. The van der Waals surface area contributed by atoms with Crippen molar-refractivity contribution in [2.24, 2.45) is 11.7 Å². The summed E-state index contributed by atoms with van der Waals surface area (Å²) in [5.74, 6) is -0.0333. The largest absolute Gasteiger partial charge is 0.356 e. The van der Waals surface area contributed by atoms with Gasteiger partial charge in [-0.25, -0.2) is 0 Å². The minimum absolute atomic E-state index is 0.00266. The van der Waals surface area contributed by atoms with Crippen LogP contribution in [0.3, 0.4) is 0 Å². The van der Waals surface area contributed by atoms with Crippen molar-refractivity contribution in [3.8, 4) is 0 Å². The van der Waals surface area contributed by atoms with E-state index in [1.807, 2.05) is 29.2 Å². The first kappa shape index (κ1) is 18.5. The Morgan fingerprint density at radius 1 is 1.25 bits per heavy atom. The van der Waals surface area contributed by atoms with Gasteiger partial charge in [0.15, 0.2) is 0 Å². The number of nitrogens with zero attached hydrogens (tertiary/aromatic N) is 1. The lowest BCUT2D eigenvalue weighted by Gasteiger charge is -2.37. The highest BCUT2D eigenvalue weighted by Crippen LogP contribution is 2.24. The van der Waals surface area contributed by atoms with E-state index in [1.54, 1.807) is 0 Å². The van der Waals surface area contributed by atoms with Gasteiger partial charge in [0.2, 0.25) is 5.91 Å². The monoisotopic (exact) mass is 331 g/mol. The molecule has 1 aromatic carbocycles. The van der Waals surface area contributed by atoms with E-state index in [9.17, 15) is 9.59 Å². The molecule has 0 bridgehead atoms. The second kappa shape index (κ2) is 8.83. The maximum absolute atomic E-state index is 12.8. The molecule has 1 heterocycles. The van der Waals surface area contributed by atoms with Crippen LogP contribution in [0.1, 0.15) is 55.5 Å². The maximum Gasteiger partial charge on any atom is 0.254 e. The molecule has 0 saturated carbocycles. The van der Waals surface area contributed by atoms with Crippen LogP contribution in [0.25, 0.3) is 0 Å². The first-order valence-corrected chi connectivity index (χ1v) is 8.94. The van der Waals surface area contributed by atoms with Crippen molar-refractivity contribution >= 4 is 11.8 Å². The van der Waals surface area contributed by atoms with Crippen molar-refractivity contribution < 1.29 is 9.59 Å². The molecular weight excluding hydrogens is 302 g/mol. The number of amides is 2. The van der Waals surface area contributed by atoms with Crippen LogP contribution in [0.2, 0.25) is 0 Å². The number of unbranched alkanes of at least 4 members (excludes halogenated alkanes) is 1. The number of benzene rings is 1. The summed E-state index contributed by atoms with van der Waals surface area (Å²) in [5, 5.41) is 2.99. The molecule has 132 valence electrons. The van der Waals surface area contributed by atoms with Crippen LogP contribution in [0.5, 0.6) is 0 Å². The Hall–Kier alpha value is -1.88. The lowest BCUT2D eigenvalue weighted by atomic mass is 9.92. The summed E-state index contributed by atoms with van der Waals surface area (Å²) in [5.41, 5.74) is 7.27. The van der Waals surface area contributed by atoms with Gasteiger partial charge in [-0.05, 0) is 43.9 Å². The van der Waals surface area contributed by atoms with Crippen molar-refractivity contribution in [3.63, 3.8) is 0 Å². The van der Waals surface area contributed by atoms with E-state index in [0.717, 1.165) is 37.8 Å². The molecule has 2 unspecified atom stereocenters. The van der Waals surface area contributed by atoms with E-state index in [2.05, 4.69) is 19.2 Å². The zero-order valence-corrected chi connectivity index (χ0v) is 14.8. The number of hydrogen-bond acceptors (Lipinski definition) is 3. The summed E-state index contributed by atoms with van der Waals surface area (Å²) in [4.78, 5) is 26.9. The Balaban J connectivity index is 2.01. The average Bonchev–Trinajstić information content (AvgIpc) is 2.61. The highest BCUT2D eigenvalue weighted by molar-refractivity contribution is 5.95. The summed E-state index contributed by atoms with van der Waals surface area (Å²) in [6.45, 7) is 5.84. The van der Waals surface area contributed by atoms with Gasteiger partial charge in [-0.2, -0.15) is 0 Å². The third-order valence-corrected chi connectivity index (χ3v) is 4.78. The van der Waals surface area contributed by atoms with Crippen LogP contribution < -0.4 is 11.1 Å². The third-order valence-electron chi connectivity index (χ3n) is 4.78. The highest BCUT2D eigenvalue weighted by atomic mass is 16.2. The lowest BCUT2D eigenvalue weighted by Crippen LogP contribution is -2.49. The zero-order valence-electron chi connectivity index (χ0n) is 14.8. The Labute approximate surface area is 144 Å². The smallest absolute Gasteiger partial charge is 0.254 e. The van der Waals surface area contributed by atoms with Gasteiger partial charge in [0.25, 0.3) is 5.91 Å². The molecule has 1 fully saturated rings. The van der Waals surface area contributed by atoms with Gasteiger partial charge in [-0.1, -0.05) is 25.5 Å². The molecule has 5 nitrogen and oxygen atoms in total. The molecule has 1 aromatic rings. The molecule has 24 heavy (non-hydrogen) atoms. The molecule has 0 spiro atoms. The third kappa shape index (κ3) is 4.57. The quantitative estimate of drug-likeness (QED) is 0.785. The van der Waals surface area contributed by atoms with Crippen molar-refractivity contribution in [1.82, 2.24) is 10.2 Å². The Morgan fingerprint density at radius 2 is 1.96 bits per heavy atom. The summed E-state index contributed by atoms with van der Waals surface area (Å²) in [6.07, 6.45) is 3.75. The molecule has 3 N–H and O–H groups in total. The van der Waals surface area contributed by atoms with Gasteiger partial charge in [0, 0.05) is 31.2 Å². The normalized spacial score (nSPS) is 20.7. The molecule has 2 rings (SSSR count). The van der Waals surface area contributed by atoms with Gasteiger partial charge >= 0.3 is 0 Å². The van der Waals surface area contributed by atoms with E-state index < -0.39 is 0 Å². The van der Waals surface area contributed by atoms with E-state index >= 15 is 0 Å². The van der Waals surface area contributed by atoms with E-state index in [-0.39, 0.29) is 23.8 Å². The first-order chi connectivity index (χ1) is 11.6. The SMILES string of the molecule is CCCCNC(=O)C1CCC(C)N(C(=O)c2ccc(CN)cc2)C1. The van der Waals surface area contributed by atoms with E-state index in [4.69, 9.17) is 5.73 Å². The number of nitrogens with two attached hydrogens (primary N) is 1. The molecule has 1 saturated heterocycles. The molecule has 0 aliphatic carbocycles. The fourth-order valence-corrected chi connectivity index (χ4v) is 3.09. The summed E-state index contributed by atoms with van der Waals surface area (Å²) in [6, 6.07) is 7.57. The zero-order chi connectivity index (χ0) is 17.5. The van der Waals surface area contributed by atoms with Gasteiger partial charge in [-0.3, -0.25) is 9.59 Å². The lowest BCUT2D eigenvalue weighted by molar-refractivity contribution is -0.126. The Kier molecular flexibility index (Phi) is 6.79. The van der Waals surface area contributed by atoms with Gasteiger partial charge < -0.3 is 16.0 Å². The fourth-order valence-electron chi connectivity index (χ4n) is 3.09. The van der Waals surface area contributed by atoms with E-state index in [0.29, 0.717) is 18.7 Å². The van der Waals surface area contributed by atoms with Gasteiger partial charge in [-0.15, -0.1) is 0 Å². The molecule has 0 aromatic heterocycles. The van der Waals surface area contributed by atoms with Crippen LogP contribution in [0.4, 0.5) is 0 Å². The summed E-state index contributed by atoms with van der Waals surface area (Å²) >= 11 is 0. The molecule has 2 amide bonds. The molecule has 0 radical (unpaired) electrons.